The Morgan fingerprint density at radius 1 is 1.10 bits per heavy atom. The van der Waals surface area contributed by atoms with Crippen molar-refractivity contribution in [3.8, 4) is 11.1 Å². The average molecular weight is 418 g/mol. The maximum Gasteiger partial charge on any atom is 0.163 e. The summed E-state index contributed by atoms with van der Waals surface area (Å²) in [5.41, 5.74) is 10.2. The molecule has 0 spiro atoms. The standard InChI is InChI=1S/C23H22ClN6/c24-19-3-1-2-18(12-19)17-6-4-16(5-7-17)14-29-10-8-20(9-11-29)30-23-21(13-28-30)22(25)26-15-27-23/h1,3-7,12-13,15,20H,8-11,14H2,(H2,25,26,27). The molecule has 3 heterocycles. The quantitative estimate of drug-likeness (QED) is 0.533. The van der Waals surface area contributed by atoms with E-state index >= 15 is 0 Å². The van der Waals surface area contributed by atoms with Gasteiger partial charge in [0.25, 0.3) is 0 Å². The van der Waals surface area contributed by atoms with E-state index in [-0.39, 0.29) is 0 Å². The van der Waals surface area contributed by atoms with Gasteiger partial charge < -0.3 is 5.73 Å². The molecule has 30 heavy (non-hydrogen) atoms. The van der Waals surface area contributed by atoms with Crippen molar-refractivity contribution in [1.82, 2.24) is 24.6 Å². The lowest BCUT2D eigenvalue weighted by Crippen LogP contribution is -2.34. The number of likely N-dealkylation sites (tertiary alicyclic amines) is 1. The molecule has 1 fully saturated rings. The number of halogens is 1. The number of nitrogen functional groups attached to an aromatic ring is 1. The third kappa shape index (κ3) is 3.76. The number of piperidine rings is 1. The first kappa shape index (κ1) is 19.0. The molecule has 7 heteroatoms. The number of nitrogens with zero attached hydrogens (tertiary/aromatic N) is 5. The van der Waals surface area contributed by atoms with Crippen LogP contribution >= 0.6 is 11.6 Å². The van der Waals surface area contributed by atoms with Crippen molar-refractivity contribution in [2.75, 3.05) is 18.8 Å². The Morgan fingerprint density at radius 2 is 1.90 bits per heavy atom. The SMILES string of the molecule is Nc1ncnc2c1cnn2C1CCN(Cc2ccc(-c3[c]ccc(Cl)c3)cc2)CC1. The number of benzene rings is 2. The van der Waals surface area contributed by atoms with Crippen LogP contribution in [-0.4, -0.2) is 37.7 Å². The van der Waals surface area contributed by atoms with Gasteiger partial charge in [0.05, 0.1) is 17.6 Å². The van der Waals surface area contributed by atoms with E-state index in [1.807, 2.05) is 22.9 Å². The van der Waals surface area contributed by atoms with E-state index in [0.29, 0.717) is 11.9 Å². The number of anilines is 1. The highest BCUT2D eigenvalue weighted by Crippen LogP contribution is 2.28. The van der Waals surface area contributed by atoms with Crippen LogP contribution in [0, 0.1) is 6.07 Å². The van der Waals surface area contributed by atoms with Crippen molar-refractivity contribution in [1.29, 1.82) is 0 Å². The molecule has 151 valence electrons. The summed E-state index contributed by atoms with van der Waals surface area (Å²) >= 11 is 6.10. The van der Waals surface area contributed by atoms with E-state index in [1.165, 1.54) is 11.9 Å². The van der Waals surface area contributed by atoms with Crippen LogP contribution in [0.2, 0.25) is 5.02 Å². The zero-order valence-electron chi connectivity index (χ0n) is 16.5. The summed E-state index contributed by atoms with van der Waals surface area (Å²) in [6, 6.07) is 17.9. The number of aromatic nitrogens is 4. The minimum atomic E-state index is 0.341. The topological polar surface area (TPSA) is 72.9 Å². The van der Waals surface area contributed by atoms with E-state index in [1.54, 1.807) is 6.20 Å². The molecule has 2 aromatic heterocycles. The van der Waals surface area contributed by atoms with Crippen molar-refractivity contribution in [2.24, 2.45) is 0 Å². The molecule has 6 nitrogen and oxygen atoms in total. The number of hydrogen-bond donors (Lipinski definition) is 1. The zero-order valence-corrected chi connectivity index (χ0v) is 17.3. The van der Waals surface area contributed by atoms with Crippen LogP contribution in [-0.2, 0) is 6.54 Å². The Labute approximate surface area is 180 Å². The number of fused-ring (bicyclic) bond motifs is 1. The molecular weight excluding hydrogens is 396 g/mol. The smallest absolute Gasteiger partial charge is 0.163 e. The molecular formula is C23H22ClN6. The molecule has 2 N–H and O–H groups in total. The first-order chi connectivity index (χ1) is 14.7. The van der Waals surface area contributed by atoms with Crippen LogP contribution in [0.1, 0.15) is 24.4 Å². The van der Waals surface area contributed by atoms with Gasteiger partial charge in [-0.2, -0.15) is 5.10 Å². The van der Waals surface area contributed by atoms with Gasteiger partial charge in [-0.25, -0.2) is 14.6 Å². The Morgan fingerprint density at radius 3 is 2.67 bits per heavy atom. The Hall–Kier alpha value is -2.96. The van der Waals surface area contributed by atoms with E-state index in [9.17, 15) is 0 Å². The lowest BCUT2D eigenvalue weighted by atomic mass is 10.0. The van der Waals surface area contributed by atoms with Gasteiger partial charge in [0.2, 0.25) is 0 Å². The Kier molecular flexibility index (Phi) is 5.11. The minimum absolute atomic E-state index is 0.341. The van der Waals surface area contributed by atoms with Crippen LogP contribution in [0.5, 0.6) is 0 Å². The monoisotopic (exact) mass is 417 g/mol. The normalized spacial score (nSPS) is 15.6. The fourth-order valence-electron chi connectivity index (χ4n) is 4.12. The summed E-state index contributed by atoms with van der Waals surface area (Å²) < 4.78 is 2.01. The number of hydrogen-bond acceptors (Lipinski definition) is 5. The van der Waals surface area contributed by atoms with Crippen molar-refractivity contribution in [2.45, 2.75) is 25.4 Å². The minimum Gasteiger partial charge on any atom is -0.383 e. The predicted molar refractivity (Wildman–Crippen MR) is 119 cm³/mol. The van der Waals surface area contributed by atoms with E-state index in [4.69, 9.17) is 17.3 Å². The largest absolute Gasteiger partial charge is 0.383 e. The first-order valence-electron chi connectivity index (χ1n) is 10.1. The first-order valence-corrected chi connectivity index (χ1v) is 10.5. The van der Waals surface area contributed by atoms with Crippen molar-refractivity contribution in [3.63, 3.8) is 0 Å². The fraction of sp³-hybridized carbons (Fsp3) is 0.261. The van der Waals surface area contributed by atoms with Crippen molar-refractivity contribution >= 4 is 28.5 Å². The second-order valence-corrected chi connectivity index (χ2v) is 8.15. The average Bonchev–Trinajstić information content (AvgIpc) is 3.20. The lowest BCUT2D eigenvalue weighted by Gasteiger charge is -2.32. The molecule has 0 aliphatic carbocycles. The second-order valence-electron chi connectivity index (χ2n) is 7.71. The molecule has 5 rings (SSSR count). The lowest BCUT2D eigenvalue weighted by molar-refractivity contribution is 0.175. The molecule has 0 amide bonds. The third-order valence-corrected chi connectivity index (χ3v) is 5.99. The van der Waals surface area contributed by atoms with Gasteiger partial charge in [0.15, 0.2) is 5.65 Å². The molecule has 0 saturated carbocycles. The van der Waals surface area contributed by atoms with Crippen LogP contribution in [0.4, 0.5) is 5.82 Å². The van der Waals surface area contributed by atoms with Gasteiger partial charge in [-0.15, -0.1) is 0 Å². The summed E-state index contributed by atoms with van der Waals surface area (Å²) in [7, 11) is 0. The van der Waals surface area contributed by atoms with Crippen LogP contribution < -0.4 is 5.73 Å². The third-order valence-electron chi connectivity index (χ3n) is 5.76. The maximum absolute atomic E-state index is 6.10. The summed E-state index contributed by atoms with van der Waals surface area (Å²) in [6.45, 7) is 2.99. The van der Waals surface area contributed by atoms with Crippen LogP contribution in [0.3, 0.4) is 0 Å². The summed E-state index contributed by atoms with van der Waals surface area (Å²) in [5.74, 6) is 0.488. The number of nitrogens with two attached hydrogens (primary N) is 1. The molecule has 1 saturated heterocycles. The van der Waals surface area contributed by atoms with Crippen LogP contribution in [0.15, 0.2) is 55.0 Å². The highest BCUT2D eigenvalue weighted by Gasteiger charge is 2.23. The van der Waals surface area contributed by atoms with Crippen molar-refractivity contribution < 1.29 is 0 Å². The summed E-state index contributed by atoms with van der Waals surface area (Å²) in [5, 5.41) is 6.10. The maximum atomic E-state index is 6.10. The van der Waals surface area contributed by atoms with E-state index in [0.717, 1.165) is 59.7 Å². The fourth-order valence-corrected chi connectivity index (χ4v) is 4.30. The molecule has 2 aromatic carbocycles. The Bertz CT molecular complexity index is 1160. The van der Waals surface area contributed by atoms with Crippen LogP contribution in [0.25, 0.3) is 22.2 Å². The zero-order chi connectivity index (χ0) is 20.5. The second kappa shape index (κ2) is 8.05. The number of rotatable bonds is 4. The molecule has 0 bridgehead atoms. The van der Waals surface area contributed by atoms with Gasteiger partial charge in [0.1, 0.15) is 12.1 Å². The van der Waals surface area contributed by atoms with Crippen molar-refractivity contribution in [3.05, 3.63) is 71.6 Å². The van der Waals surface area contributed by atoms with Gasteiger partial charge in [-0.05, 0) is 47.7 Å². The van der Waals surface area contributed by atoms with E-state index in [2.05, 4.69) is 50.3 Å². The molecule has 0 unspecified atom stereocenters. The molecule has 1 radical (unpaired) electrons. The van der Waals surface area contributed by atoms with Gasteiger partial charge in [-0.1, -0.05) is 41.9 Å². The molecule has 4 aromatic rings. The molecule has 0 atom stereocenters. The van der Waals surface area contributed by atoms with Gasteiger partial charge in [0, 0.05) is 24.7 Å². The molecule has 1 aliphatic heterocycles. The highest BCUT2D eigenvalue weighted by molar-refractivity contribution is 6.30. The molecule has 1 aliphatic rings. The van der Waals surface area contributed by atoms with Gasteiger partial charge in [-0.3, -0.25) is 4.90 Å². The van der Waals surface area contributed by atoms with E-state index < -0.39 is 0 Å². The predicted octanol–water partition coefficient (Wildman–Crippen LogP) is 4.37. The summed E-state index contributed by atoms with van der Waals surface area (Å²) in [4.78, 5) is 10.9. The van der Waals surface area contributed by atoms with Gasteiger partial charge >= 0.3 is 0 Å². The Balaban J connectivity index is 1.22. The highest BCUT2D eigenvalue weighted by atomic mass is 35.5. The summed E-state index contributed by atoms with van der Waals surface area (Å²) in [6.07, 6.45) is 5.36.